The van der Waals surface area contributed by atoms with Gasteiger partial charge in [-0.05, 0) is 44.0 Å². The molecule has 1 saturated carbocycles. The molecule has 2 aromatic carbocycles. The number of carbonyl (C=O) groups excluding carboxylic acids is 2. The summed E-state index contributed by atoms with van der Waals surface area (Å²) in [4.78, 5) is 32.6. The molecular formula is C24H27N3O3S. The number of carbonyl (C=O) groups is 2. The van der Waals surface area contributed by atoms with Crippen molar-refractivity contribution < 1.29 is 14.3 Å². The van der Waals surface area contributed by atoms with Crippen LogP contribution in [0.5, 0.6) is 5.75 Å². The van der Waals surface area contributed by atoms with E-state index in [9.17, 15) is 9.59 Å². The second kappa shape index (κ2) is 9.56. The standard InChI is InChI=1S/C24H27N3O3S/c1-16-11-13-17(14-12-16)25-24-27(18-7-3-4-8-18)23(29)21(31-24)15-22(28)26-19-9-5-6-10-20(19)30-2/h5-6,9-14,18,21H,3-4,7-8,15H2,1-2H3,(H,26,28). The highest BCUT2D eigenvalue weighted by Gasteiger charge is 2.43. The molecule has 1 saturated heterocycles. The Morgan fingerprint density at radius 3 is 2.58 bits per heavy atom. The molecule has 1 atom stereocenters. The fourth-order valence-corrected chi connectivity index (χ4v) is 5.25. The lowest BCUT2D eigenvalue weighted by Crippen LogP contribution is -2.40. The van der Waals surface area contributed by atoms with Gasteiger partial charge in [0.2, 0.25) is 11.8 Å². The average Bonchev–Trinajstić information content (AvgIpc) is 3.38. The number of rotatable bonds is 6. The van der Waals surface area contributed by atoms with E-state index in [4.69, 9.17) is 9.73 Å². The Bertz CT molecular complexity index is 984. The van der Waals surface area contributed by atoms with E-state index >= 15 is 0 Å². The lowest BCUT2D eigenvalue weighted by Gasteiger charge is -2.23. The first-order valence-corrected chi connectivity index (χ1v) is 11.5. The molecule has 0 spiro atoms. The lowest BCUT2D eigenvalue weighted by atomic mass is 10.2. The third-order valence-electron chi connectivity index (χ3n) is 5.67. The zero-order valence-corrected chi connectivity index (χ0v) is 18.7. The van der Waals surface area contributed by atoms with Crippen molar-refractivity contribution in [2.75, 3.05) is 12.4 Å². The molecule has 2 fully saturated rings. The molecule has 1 N–H and O–H groups in total. The highest BCUT2D eigenvalue weighted by molar-refractivity contribution is 8.15. The summed E-state index contributed by atoms with van der Waals surface area (Å²) in [7, 11) is 1.56. The van der Waals surface area contributed by atoms with Crippen molar-refractivity contribution in [1.29, 1.82) is 0 Å². The van der Waals surface area contributed by atoms with E-state index in [0.717, 1.165) is 36.9 Å². The molecule has 7 heteroatoms. The highest BCUT2D eigenvalue weighted by atomic mass is 32.2. The van der Waals surface area contributed by atoms with Gasteiger partial charge in [-0.3, -0.25) is 14.5 Å². The summed E-state index contributed by atoms with van der Waals surface area (Å²) in [5, 5.41) is 3.11. The number of para-hydroxylation sites is 2. The maximum absolute atomic E-state index is 13.3. The summed E-state index contributed by atoms with van der Waals surface area (Å²) in [5.74, 6) is 0.367. The van der Waals surface area contributed by atoms with E-state index in [-0.39, 0.29) is 24.3 Å². The topological polar surface area (TPSA) is 71.0 Å². The molecule has 0 aromatic heterocycles. The first kappa shape index (κ1) is 21.4. The molecule has 1 unspecified atom stereocenters. The number of thioether (sulfide) groups is 1. The maximum Gasteiger partial charge on any atom is 0.242 e. The third-order valence-corrected chi connectivity index (χ3v) is 6.82. The molecule has 1 heterocycles. The third kappa shape index (κ3) is 4.93. The molecular weight excluding hydrogens is 410 g/mol. The van der Waals surface area contributed by atoms with Gasteiger partial charge in [0.25, 0.3) is 0 Å². The van der Waals surface area contributed by atoms with Gasteiger partial charge in [-0.15, -0.1) is 0 Å². The summed E-state index contributed by atoms with van der Waals surface area (Å²) >= 11 is 1.40. The number of amidine groups is 1. The van der Waals surface area contributed by atoms with Gasteiger partial charge < -0.3 is 10.1 Å². The first-order chi connectivity index (χ1) is 15.0. The minimum absolute atomic E-state index is 0.0158. The smallest absolute Gasteiger partial charge is 0.242 e. The molecule has 0 bridgehead atoms. The predicted molar refractivity (Wildman–Crippen MR) is 125 cm³/mol. The van der Waals surface area contributed by atoms with Crippen LogP contribution in [0.2, 0.25) is 0 Å². The van der Waals surface area contributed by atoms with Gasteiger partial charge >= 0.3 is 0 Å². The lowest BCUT2D eigenvalue weighted by molar-refractivity contribution is -0.129. The monoisotopic (exact) mass is 437 g/mol. The van der Waals surface area contributed by atoms with Crippen molar-refractivity contribution >= 4 is 40.1 Å². The summed E-state index contributed by atoms with van der Waals surface area (Å²) in [6, 6.07) is 15.4. The van der Waals surface area contributed by atoms with Crippen LogP contribution in [-0.2, 0) is 9.59 Å². The van der Waals surface area contributed by atoms with E-state index in [1.54, 1.807) is 19.2 Å². The van der Waals surface area contributed by atoms with Crippen molar-refractivity contribution in [2.45, 2.75) is 50.3 Å². The van der Waals surface area contributed by atoms with Gasteiger partial charge in [-0.2, -0.15) is 0 Å². The molecule has 2 aliphatic rings. The summed E-state index contributed by atoms with van der Waals surface area (Å²) in [6.45, 7) is 2.03. The minimum Gasteiger partial charge on any atom is -0.495 e. The Morgan fingerprint density at radius 2 is 1.87 bits per heavy atom. The van der Waals surface area contributed by atoms with Crippen LogP contribution >= 0.6 is 11.8 Å². The van der Waals surface area contributed by atoms with Crippen LogP contribution in [0.15, 0.2) is 53.5 Å². The summed E-state index contributed by atoms with van der Waals surface area (Å²) in [5.41, 5.74) is 2.59. The van der Waals surface area contributed by atoms with Gasteiger partial charge in [0.05, 0.1) is 18.5 Å². The van der Waals surface area contributed by atoms with Crippen LogP contribution in [0.25, 0.3) is 0 Å². The van der Waals surface area contributed by atoms with Crippen LogP contribution in [0, 0.1) is 6.92 Å². The Hall–Kier alpha value is -2.80. The number of hydrogen-bond acceptors (Lipinski definition) is 5. The minimum atomic E-state index is -0.473. The van der Waals surface area contributed by atoms with E-state index in [1.807, 2.05) is 48.2 Å². The Morgan fingerprint density at radius 1 is 1.16 bits per heavy atom. The van der Waals surface area contributed by atoms with Crippen LogP contribution in [0.1, 0.15) is 37.7 Å². The molecule has 4 rings (SSSR count). The van der Waals surface area contributed by atoms with Gasteiger partial charge in [0.15, 0.2) is 5.17 Å². The van der Waals surface area contributed by atoms with E-state index in [0.29, 0.717) is 16.6 Å². The van der Waals surface area contributed by atoms with Gasteiger partial charge in [0, 0.05) is 12.5 Å². The van der Waals surface area contributed by atoms with E-state index in [2.05, 4.69) is 5.32 Å². The predicted octanol–water partition coefficient (Wildman–Crippen LogP) is 4.91. The maximum atomic E-state index is 13.3. The number of ether oxygens (including phenoxy) is 1. The second-order valence-electron chi connectivity index (χ2n) is 7.94. The highest BCUT2D eigenvalue weighted by Crippen LogP contribution is 2.37. The Kier molecular flexibility index (Phi) is 6.61. The number of amides is 2. The van der Waals surface area contributed by atoms with E-state index < -0.39 is 5.25 Å². The van der Waals surface area contributed by atoms with Crippen LogP contribution in [0.3, 0.4) is 0 Å². The quantitative estimate of drug-likeness (QED) is 0.697. The molecule has 1 aliphatic carbocycles. The van der Waals surface area contributed by atoms with Gasteiger partial charge in [0.1, 0.15) is 11.0 Å². The van der Waals surface area contributed by atoms with Gasteiger partial charge in [-0.25, -0.2) is 4.99 Å². The van der Waals surface area contributed by atoms with E-state index in [1.165, 1.54) is 11.8 Å². The molecule has 0 radical (unpaired) electrons. The van der Waals surface area contributed by atoms with Crippen LogP contribution in [0.4, 0.5) is 11.4 Å². The average molecular weight is 438 g/mol. The number of nitrogens with one attached hydrogen (secondary N) is 1. The number of hydrogen-bond donors (Lipinski definition) is 1. The number of benzene rings is 2. The zero-order chi connectivity index (χ0) is 21.8. The molecule has 2 aromatic rings. The second-order valence-corrected chi connectivity index (χ2v) is 9.11. The van der Waals surface area contributed by atoms with Crippen molar-refractivity contribution in [3.8, 4) is 5.75 Å². The number of aliphatic imine (C=N–C) groups is 1. The molecule has 162 valence electrons. The number of nitrogens with zero attached hydrogens (tertiary/aromatic N) is 2. The molecule has 1 aliphatic heterocycles. The molecule has 6 nitrogen and oxygen atoms in total. The Balaban J connectivity index is 1.52. The SMILES string of the molecule is COc1ccccc1NC(=O)CC1SC(=Nc2ccc(C)cc2)N(C2CCCC2)C1=O. The largest absolute Gasteiger partial charge is 0.495 e. The van der Waals surface area contributed by atoms with Crippen molar-refractivity contribution in [1.82, 2.24) is 4.90 Å². The fourth-order valence-electron chi connectivity index (χ4n) is 4.04. The van der Waals surface area contributed by atoms with Gasteiger partial charge in [-0.1, -0.05) is 54.4 Å². The fraction of sp³-hybridized carbons (Fsp3) is 0.375. The normalized spacial score (nSPS) is 20.5. The molecule has 31 heavy (non-hydrogen) atoms. The van der Waals surface area contributed by atoms with Crippen molar-refractivity contribution in [2.24, 2.45) is 4.99 Å². The first-order valence-electron chi connectivity index (χ1n) is 10.6. The number of anilines is 1. The summed E-state index contributed by atoms with van der Waals surface area (Å²) in [6.07, 6.45) is 4.31. The summed E-state index contributed by atoms with van der Waals surface area (Å²) < 4.78 is 5.30. The van der Waals surface area contributed by atoms with Crippen molar-refractivity contribution in [3.63, 3.8) is 0 Å². The zero-order valence-electron chi connectivity index (χ0n) is 17.8. The number of aryl methyl sites for hydroxylation is 1. The number of methoxy groups -OCH3 is 1. The van der Waals surface area contributed by atoms with Crippen LogP contribution < -0.4 is 10.1 Å². The van der Waals surface area contributed by atoms with Crippen molar-refractivity contribution in [3.05, 3.63) is 54.1 Å². The van der Waals surface area contributed by atoms with Crippen LogP contribution in [-0.4, -0.2) is 40.3 Å². The molecule has 2 amide bonds. The Labute approximate surface area is 187 Å².